The van der Waals surface area contributed by atoms with Gasteiger partial charge in [-0.15, -0.1) is 0 Å². The van der Waals surface area contributed by atoms with Crippen LogP contribution in [0.3, 0.4) is 0 Å². The normalized spacial score (nSPS) is 17.6. The molecule has 1 N–H and O–H groups in total. The highest BCUT2D eigenvalue weighted by Gasteiger charge is 2.55. The van der Waals surface area contributed by atoms with E-state index < -0.39 is 35.4 Å². The first-order valence-corrected chi connectivity index (χ1v) is 10.2. The van der Waals surface area contributed by atoms with Crippen LogP contribution in [-0.2, 0) is 12.1 Å². The van der Waals surface area contributed by atoms with Gasteiger partial charge in [0.25, 0.3) is 5.91 Å². The zero-order valence-corrected chi connectivity index (χ0v) is 18.1. The molecule has 176 valence electrons. The van der Waals surface area contributed by atoms with Gasteiger partial charge in [-0.25, -0.2) is 9.37 Å². The summed E-state index contributed by atoms with van der Waals surface area (Å²) in [6, 6.07) is 6.57. The van der Waals surface area contributed by atoms with Crippen LogP contribution in [0.2, 0.25) is 0 Å². The fourth-order valence-corrected chi connectivity index (χ4v) is 4.05. The molecule has 1 aliphatic heterocycles. The van der Waals surface area contributed by atoms with E-state index >= 15 is 0 Å². The molecule has 1 amide bonds. The minimum Gasteiger partial charge on any atom is -0.374 e. The van der Waals surface area contributed by atoms with Crippen molar-refractivity contribution in [2.75, 3.05) is 6.54 Å². The smallest absolute Gasteiger partial charge is 0.374 e. The SMILES string of the molecule is C[C@H]1CN(C(=O)c2cncc(-c3ccc(F)cc3C#N)c2)Cc2cnc([C@@](C)(O)C(F)(F)F)n21. The first-order chi connectivity index (χ1) is 15.9. The lowest BCUT2D eigenvalue weighted by Gasteiger charge is -2.36. The van der Waals surface area contributed by atoms with E-state index in [4.69, 9.17) is 0 Å². The molecule has 0 spiro atoms. The van der Waals surface area contributed by atoms with Gasteiger partial charge in [-0.2, -0.15) is 18.4 Å². The summed E-state index contributed by atoms with van der Waals surface area (Å²) in [5.74, 6) is -1.51. The zero-order valence-electron chi connectivity index (χ0n) is 18.1. The molecule has 0 fully saturated rings. The fourth-order valence-electron chi connectivity index (χ4n) is 4.05. The molecule has 3 heterocycles. The number of hydrogen-bond donors (Lipinski definition) is 1. The Morgan fingerprint density at radius 2 is 1.97 bits per heavy atom. The van der Waals surface area contributed by atoms with E-state index in [1.165, 1.54) is 46.3 Å². The van der Waals surface area contributed by atoms with Gasteiger partial charge < -0.3 is 14.6 Å². The molecule has 34 heavy (non-hydrogen) atoms. The lowest BCUT2D eigenvalue weighted by Crippen LogP contribution is -2.45. The van der Waals surface area contributed by atoms with Gasteiger partial charge >= 0.3 is 6.18 Å². The summed E-state index contributed by atoms with van der Waals surface area (Å²) < 4.78 is 54.9. The molecule has 1 aliphatic rings. The zero-order chi connectivity index (χ0) is 24.8. The summed E-state index contributed by atoms with van der Waals surface area (Å²) in [6.45, 7) is 2.34. The Kier molecular flexibility index (Phi) is 5.65. The fraction of sp³-hybridized carbons (Fsp3) is 0.304. The number of nitriles is 1. The van der Waals surface area contributed by atoms with Crippen LogP contribution < -0.4 is 0 Å². The van der Waals surface area contributed by atoms with Crippen LogP contribution in [0.25, 0.3) is 11.1 Å². The van der Waals surface area contributed by atoms with Crippen molar-refractivity contribution >= 4 is 5.91 Å². The molecular formula is C23H19F4N5O2. The van der Waals surface area contributed by atoms with Crippen molar-refractivity contribution < 1.29 is 27.5 Å². The number of hydrogen-bond acceptors (Lipinski definition) is 5. The van der Waals surface area contributed by atoms with Crippen LogP contribution in [0.15, 0.2) is 42.9 Å². The minimum absolute atomic E-state index is 0.0195. The molecule has 2 atom stereocenters. The third-order valence-electron chi connectivity index (χ3n) is 5.82. The van der Waals surface area contributed by atoms with Crippen LogP contribution in [0, 0.1) is 17.1 Å². The summed E-state index contributed by atoms with van der Waals surface area (Å²) in [4.78, 5) is 22.6. The second-order valence-electron chi connectivity index (χ2n) is 8.31. The van der Waals surface area contributed by atoms with Crippen LogP contribution in [0.4, 0.5) is 17.6 Å². The lowest BCUT2D eigenvalue weighted by molar-refractivity contribution is -0.263. The molecule has 0 aliphatic carbocycles. The number of nitrogens with zero attached hydrogens (tertiary/aromatic N) is 5. The molecule has 0 radical (unpaired) electrons. The van der Waals surface area contributed by atoms with E-state index in [-0.39, 0.29) is 24.2 Å². The van der Waals surface area contributed by atoms with Crippen molar-refractivity contribution in [1.29, 1.82) is 5.26 Å². The minimum atomic E-state index is -4.92. The van der Waals surface area contributed by atoms with Gasteiger partial charge in [0.05, 0.1) is 41.7 Å². The summed E-state index contributed by atoms with van der Waals surface area (Å²) in [6.07, 6.45) is -0.906. The molecule has 11 heteroatoms. The van der Waals surface area contributed by atoms with E-state index in [0.717, 1.165) is 6.07 Å². The standard InChI is InChI=1S/C23H19F4N5O2/c1-13-11-31(12-18-10-30-21(32(13)18)22(2,34)23(25,26)27)20(33)16-5-15(8-29-9-16)19-4-3-17(24)6-14(19)7-28/h3-6,8-10,13,34H,11-12H2,1-2H3/t13-,22+/m0/s1. The van der Waals surface area contributed by atoms with Crippen molar-refractivity contribution in [1.82, 2.24) is 19.4 Å². The largest absolute Gasteiger partial charge is 0.424 e. The number of aliphatic hydroxyl groups is 1. The van der Waals surface area contributed by atoms with Crippen molar-refractivity contribution in [2.45, 2.75) is 38.2 Å². The van der Waals surface area contributed by atoms with Gasteiger partial charge in [-0.3, -0.25) is 9.78 Å². The highest BCUT2D eigenvalue weighted by molar-refractivity contribution is 5.95. The number of halogens is 4. The number of amides is 1. The number of pyridine rings is 1. The van der Waals surface area contributed by atoms with Crippen molar-refractivity contribution in [3.8, 4) is 17.2 Å². The van der Waals surface area contributed by atoms with E-state index in [2.05, 4.69) is 9.97 Å². The molecule has 0 saturated heterocycles. The Morgan fingerprint density at radius 3 is 2.65 bits per heavy atom. The molecule has 1 aromatic carbocycles. The predicted octanol–water partition coefficient (Wildman–Crippen LogP) is 3.94. The Hall–Kier alpha value is -3.78. The third-order valence-corrected chi connectivity index (χ3v) is 5.82. The van der Waals surface area contributed by atoms with Crippen LogP contribution >= 0.6 is 0 Å². The third kappa shape index (κ3) is 3.90. The number of carbonyl (C=O) groups excluding carboxylic acids is 1. The van der Waals surface area contributed by atoms with Crippen molar-refractivity contribution in [3.63, 3.8) is 0 Å². The Labute approximate surface area is 191 Å². The van der Waals surface area contributed by atoms with Gasteiger partial charge in [-0.1, -0.05) is 6.07 Å². The quantitative estimate of drug-likeness (QED) is 0.582. The maximum absolute atomic E-state index is 13.5. The molecule has 0 saturated carbocycles. The highest BCUT2D eigenvalue weighted by atomic mass is 19.4. The number of fused-ring (bicyclic) bond motifs is 1. The number of imidazole rings is 1. The van der Waals surface area contributed by atoms with Crippen LogP contribution in [0.1, 0.15) is 47.3 Å². The van der Waals surface area contributed by atoms with E-state index in [1.54, 1.807) is 6.92 Å². The molecule has 4 rings (SSSR count). The molecule has 3 aromatic rings. The molecular weight excluding hydrogens is 454 g/mol. The molecule has 2 aromatic heterocycles. The van der Waals surface area contributed by atoms with E-state index in [9.17, 15) is 32.7 Å². The summed E-state index contributed by atoms with van der Waals surface area (Å²) in [5, 5.41) is 19.4. The first kappa shape index (κ1) is 23.4. The highest BCUT2D eigenvalue weighted by Crippen LogP contribution is 2.40. The van der Waals surface area contributed by atoms with E-state index in [1.807, 2.05) is 6.07 Å². The van der Waals surface area contributed by atoms with Gasteiger partial charge in [0.15, 0.2) is 5.82 Å². The maximum Gasteiger partial charge on any atom is 0.424 e. The number of benzene rings is 1. The van der Waals surface area contributed by atoms with Gasteiger partial charge in [0.2, 0.25) is 5.60 Å². The summed E-state index contributed by atoms with van der Waals surface area (Å²) in [5.41, 5.74) is -1.64. The topological polar surface area (TPSA) is 95.0 Å². The number of aromatic nitrogens is 3. The van der Waals surface area contributed by atoms with Crippen molar-refractivity contribution in [3.05, 3.63) is 71.3 Å². The van der Waals surface area contributed by atoms with Gasteiger partial charge in [0, 0.05) is 30.1 Å². The van der Waals surface area contributed by atoms with Gasteiger partial charge in [-0.05, 0) is 32.0 Å². The molecule has 0 bridgehead atoms. The Morgan fingerprint density at radius 1 is 1.24 bits per heavy atom. The second-order valence-corrected chi connectivity index (χ2v) is 8.31. The van der Waals surface area contributed by atoms with Crippen LogP contribution in [0.5, 0.6) is 0 Å². The first-order valence-electron chi connectivity index (χ1n) is 10.2. The summed E-state index contributed by atoms with van der Waals surface area (Å²) in [7, 11) is 0. The Bertz CT molecular complexity index is 1310. The monoisotopic (exact) mass is 473 g/mol. The average molecular weight is 473 g/mol. The van der Waals surface area contributed by atoms with Gasteiger partial charge in [0.1, 0.15) is 5.82 Å². The van der Waals surface area contributed by atoms with Crippen LogP contribution in [-0.4, -0.2) is 43.2 Å². The maximum atomic E-state index is 13.5. The Balaban J connectivity index is 1.64. The molecule has 7 nitrogen and oxygen atoms in total. The summed E-state index contributed by atoms with van der Waals surface area (Å²) >= 11 is 0. The number of alkyl halides is 3. The number of carbonyl (C=O) groups is 1. The predicted molar refractivity (Wildman–Crippen MR) is 112 cm³/mol. The van der Waals surface area contributed by atoms with Crippen molar-refractivity contribution in [2.24, 2.45) is 0 Å². The number of rotatable bonds is 3. The second kappa shape index (κ2) is 8.22. The van der Waals surface area contributed by atoms with E-state index in [0.29, 0.717) is 23.7 Å². The molecule has 0 unspecified atom stereocenters. The lowest BCUT2D eigenvalue weighted by atomic mass is 10.00. The average Bonchev–Trinajstić information content (AvgIpc) is 3.23.